The average Bonchev–Trinajstić information content (AvgIpc) is 2.31. The van der Waals surface area contributed by atoms with Crippen LogP contribution in [0.2, 0.25) is 5.02 Å². The van der Waals surface area contributed by atoms with Crippen molar-refractivity contribution in [2.45, 2.75) is 4.90 Å². The highest BCUT2D eigenvalue weighted by Gasteiger charge is 2.20. The van der Waals surface area contributed by atoms with Crippen molar-refractivity contribution in [3.05, 3.63) is 23.2 Å². The third-order valence-corrected chi connectivity index (χ3v) is 6.23. The molecule has 0 saturated heterocycles. The minimum absolute atomic E-state index is 0.0159. The van der Waals surface area contributed by atoms with Gasteiger partial charge in [-0.3, -0.25) is 0 Å². The van der Waals surface area contributed by atoms with Gasteiger partial charge in [0.25, 0.3) is 0 Å². The predicted octanol–water partition coefficient (Wildman–Crippen LogP) is 0.0919. The highest BCUT2D eigenvalue weighted by atomic mass is 35.5. The number of halogens is 1. The molecule has 0 bridgehead atoms. The molecule has 0 spiro atoms. The number of rotatable bonds is 6. The van der Waals surface area contributed by atoms with Gasteiger partial charge in [0.15, 0.2) is 0 Å². The molecular formula is C10H16ClN3O4S2. The number of nitrogens with zero attached hydrogens (tertiary/aromatic N) is 1. The predicted molar refractivity (Wildman–Crippen MR) is 78.5 cm³/mol. The van der Waals surface area contributed by atoms with Crippen LogP contribution in [-0.2, 0) is 20.0 Å². The average molecular weight is 342 g/mol. The highest BCUT2D eigenvalue weighted by molar-refractivity contribution is 7.90. The molecule has 0 radical (unpaired) electrons. The van der Waals surface area contributed by atoms with Crippen molar-refractivity contribution < 1.29 is 16.8 Å². The summed E-state index contributed by atoms with van der Waals surface area (Å²) in [6.07, 6.45) is 0. The van der Waals surface area contributed by atoms with Gasteiger partial charge in [0.1, 0.15) is 4.90 Å². The van der Waals surface area contributed by atoms with Gasteiger partial charge in [-0.15, -0.1) is 0 Å². The van der Waals surface area contributed by atoms with E-state index in [1.807, 2.05) is 0 Å². The summed E-state index contributed by atoms with van der Waals surface area (Å²) in [6.45, 7) is -0.256. The lowest BCUT2D eigenvalue weighted by atomic mass is 10.3. The van der Waals surface area contributed by atoms with Crippen LogP contribution in [0.5, 0.6) is 0 Å². The lowest BCUT2D eigenvalue weighted by Gasteiger charge is -2.12. The number of hydrogen-bond donors (Lipinski definition) is 2. The monoisotopic (exact) mass is 341 g/mol. The molecule has 0 aliphatic rings. The Bertz CT molecular complexity index is 686. The van der Waals surface area contributed by atoms with Gasteiger partial charge in [0, 0.05) is 26.3 Å². The molecule has 1 rings (SSSR count). The topological polar surface area (TPSA) is 110 Å². The Hall–Kier alpha value is -0.870. The first-order chi connectivity index (χ1) is 9.06. The third kappa shape index (κ3) is 4.32. The Balaban J connectivity index is 2.84. The maximum Gasteiger partial charge on any atom is 0.242 e. The lowest BCUT2D eigenvalue weighted by Crippen LogP contribution is -2.34. The van der Waals surface area contributed by atoms with Gasteiger partial charge in [-0.2, -0.15) is 0 Å². The maximum atomic E-state index is 12.0. The summed E-state index contributed by atoms with van der Waals surface area (Å²) in [5.41, 5.74) is 5.75. The Morgan fingerprint density at radius 3 is 2.40 bits per heavy atom. The minimum atomic E-state index is -3.91. The standard InChI is InChI=1S/C10H16ClN3O4S2/c1-14(2)19(15,16)6-5-13-20(17,18)10-7-8(12)3-4-9(10)11/h3-4,7,13H,5-6,12H2,1-2H3. The van der Waals surface area contributed by atoms with Crippen LogP contribution in [0.4, 0.5) is 5.69 Å². The number of anilines is 1. The molecule has 1 aromatic carbocycles. The fourth-order valence-corrected chi connectivity index (χ4v) is 3.71. The van der Waals surface area contributed by atoms with E-state index in [1.165, 1.54) is 32.3 Å². The molecule has 7 nitrogen and oxygen atoms in total. The second-order valence-electron chi connectivity index (χ2n) is 4.19. The molecule has 0 amide bonds. The molecule has 0 saturated carbocycles. The van der Waals surface area contributed by atoms with Crippen LogP contribution in [0.3, 0.4) is 0 Å². The number of nitrogens with two attached hydrogens (primary N) is 1. The molecule has 10 heteroatoms. The molecule has 0 heterocycles. The fraction of sp³-hybridized carbons (Fsp3) is 0.400. The lowest BCUT2D eigenvalue weighted by molar-refractivity contribution is 0.519. The first kappa shape index (κ1) is 17.2. The van der Waals surface area contributed by atoms with Crippen LogP contribution in [0.1, 0.15) is 0 Å². The van der Waals surface area contributed by atoms with Crippen molar-refractivity contribution in [3.8, 4) is 0 Å². The summed E-state index contributed by atoms with van der Waals surface area (Å²) < 4.78 is 50.2. The molecule has 0 fully saturated rings. The smallest absolute Gasteiger partial charge is 0.242 e. The molecule has 20 heavy (non-hydrogen) atoms. The van der Waals surface area contributed by atoms with Gasteiger partial charge in [-0.05, 0) is 18.2 Å². The van der Waals surface area contributed by atoms with Gasteiger partial charge >= 0.3 is 0 Å². The van der Waals surface area contributed by atoms with Gasteiger partial charge < -0.3 is 5.73 Å². The zero-order valence-electron chi connectivity index (χ0n) is 11.0. The van der Waals surface area contributed by atoms with Crippen molar-refractivity contribution >= 4 is 37.3 Å². The van der Waals surface area contributed by atoms with Crippen LogP contribution >= 0.6 is 11.6 Å². The summed E-state index contributed by atoms with van der Waals surface area (Å²) in [5.74, 6) is -0.348. The zero-order valence-corrected chi connectivity index (χ0v) is 13.4. The molecule has 1 aromatic rings. The van der Waals surface area contributed by atoms with Gasteiger partial charge in [0.05, 0.1) is 10.8 Å². The Morgan fingerprint density at radius 1 is 1.25 bits per heavy atom. The van der Waals surface area contributed by atoms with Gasteiger partial charge in [-0.1, -0.05) is 11.6 Å². The molecule has 0 unspecified atom stereocenters. The summed E-state index contributed by atoms with van der Waals surface area (Å²) in [6, 6.07) is 4.05. The molecule has 3 N–H and O–H groups in total. The number of nitrogens with one attached hydrogen (secondary N) is 1. The van der Waals surface area contributed by atoms with Crippen LogP contribution in [0, 0.1) is 0 Å². The molecule has 114 valence electrons. The summed E-state index contributed by atoms with van der Waals surface area (Å²) >= 11 is 5.80. The second-order valence-corrected chi connectivity index (χ2v) is 8.63. The van der Waals surface area contributed by atoms with Gasteiger partial charge in [-0.25, -0.2) is 25.9 Å². The van der Waals surface area contributed by atoms with Gasteiger partial charge in [0.2, 0.25) is 20.0 Å². The van der Waals surface area contributed by atoms with E-state index < -0.39 is 20.0 Å². The van der Waals surface area contributed by atoms with E-state index in [1.54, 1.807) is 0 Å². The van der Waals surface area contributed by atoms with Crippen molar-refractivity contribution in [3.63, 3.8) is 0 Å². The van der Waals surface area contributed by atoms with E-state index in [2.05, 4.69) is 4.72 Å². The molecule has 0 aliphatic heterocycles. The van der Waals surface area contributed by atoms with E-state index in [9.17, 15) is 16.8 Å². The van der Waals surface area contributed by atoms with E-state index in [-0.39, 0.29) is 27.9 Å². The van der Waals surface area contributed by atoms with E-state index in [0.29, 0.717) is 0 Å². The highest BCUT2D eigenvalue weighted by Crippen LogP contribution is 2.23. The summed E-state index contributed by atoms with van der Waals surface area (Å²) in [4.78, 5) is -0.179. The van der Waals surface area contributed by atoms with E-state index in [0.717, 1.165) is 4.31 Å². The van der Waals surface area contributed by atoms with Crippen molar-refractivity contribution in [1.82, 2.24) is 9.03 Å². The normalized spacial score (nSPS) is 12.8. The van der Waals surface area contributed by atoms with E-state index in [4.69, 9.17) is 17.3 Å². The second kappa shape index (κ2) is 6.27. The fourth-order valence-electron chi connectivity index (χ4n) is 1.29. The quantitative estimate of drug-likeness (QED) is 0.713. The van der Waals surface area contributed by atoms with E-state index >= 15 is 0 Å². The van der Waals surface area contributed by atoms with Crippen LogP contribution in [0.15, 0.2) is 23.1 Å². The number of hydrogen-bond acceptors (Lipinski definition) is 5. The summed E-state index contributed by atoms with van der Waals surface area (Å²) in [5, 5.41) is 0.0159. The molecule has 0 aliphatic carbocycles. The summed E-state index contributed by atoms with van der Waals surface area (Å²) in [7, 11) is -4.63. The molecular weight excluding hydrogens is 326 g/mol. The number of nitrogen functional groups attached to an aromatic ring is 1. The first-order valence-corrected chi connectivity index (χ1v) is 8.98. The van der Waals surface area contributed by atoms with Crippen LogP contribution < -0.4 is 10.5 Å². The number of benzene rings is 1. The zero-order chi connectivity index (χ0) is 15.6. The molecule has 0 atom stereocenters. The van der Waals surface area contributed by atoms with Crippen molar-refractivity contribution in [2.24, 2.45) is 0 Å². The minimum Gasteiger partial charge on any atom is -0.399 e. The van der Waals surface area contributed by atoms with Crippen molar-refractivity contribution in [1.29, 1.82) is 0 Å². The Kier molecular flexibility index (Phi) is 5.39. The van der Waals surface area contributed by atoms with Crippen LogP contribution in [0.25, 0.3) is 0 Å². The number of sulfonamides is 2. The SMILES string of the molecule is CN(C)S(=O)(=O)CCNS(=O)(=O)c1cc(N)ccc1Cl. The van der Waals surface area contributed by atoms with Crippen molar-refractivity contribution in [2.75, 3.05) is 32.1 Å². The Labute approximate surface area is 123 Å². The first-order valence-electron chi connectivity index (χ1n) is 5.51. The Morgan fingerprint density at radius 2 is 1.85 bits per heavy atom. The van der Waals surface area contributed by atoms with Crippen LogP contribution in [-0.4, -0.2) is 47.5 Å². The third-order valence-electron chi connectivity index (χ3n) is 2.45. The maximum absolute atomic E-state index is 12.0. The molecule has 0 aromatic heterocycles. The largest absolute Gasteiger partial charge is 0.399 e.